The van der Waals surface area contributed by atoms with E-state index in [1.807, 2.05) is 13.8 Å². The number of aliphatic hydroxyl groups excluding tert-OH is 1. The van der Waals surface area contributed by atoms with Gasteiger partial charge in [0.2, 0.25) is 0 Å². The highest BCUT2D eigenvalue weighted by Crippen LogP contribution is 2.53. The summed E-state index contributed by atoms with van der Waals surface area (Å²) in [4.78, 5) is 13.9. The maximum Gasteiger partial charge on any atom is 0.317 e. The SMILES string of the molecule is CCOC1CC(NC(=O)N(C)C(C)CO)C12CCCCC2. The molecule has 0 aromatic heterocycles. The molecule has 2 amide bonds. The smallest absolute Gasteiger partial charge is 0.317 e. The monoisotopic (exact) mass is 298 g/mol. The van der Waals surface area contributed by atoms with Crippen LogP contribution in [0.25, 0.3) is 0 Å². The molecule has 3 atom stereocenters. The van der Waals surface area contributed by atoms with Gasteiger partial charge in [-0.05, 0) is 33.1 Å². The first-order valence-corrected chi connectivity index (χ1v) is 8.31. The number of aliphatic hydroxyl groups is 1. The van der Waals surface area contributed by atoms with E-state index in [0.29, 0.717) is 6.10 Å². The number of rotatable bonds is 5. The Morgan fingerprint density at radius 3 is 2.67 bits per heavy atom. The van der Waals surface area contributed by atoms with Crippen LogP contribution in [0.3, 0.4) is 0 Å². The Bertz CT molecular complexity index is 355. The molecule has 2 N–H and O–H groups in total. The Morgan fingerprint density at radius 1 is 1.43 bits per heavy atom. The summed E-state index contributed by atoms with van der Waals surface area (Å²) in [5.74, 6) is 0. The van der Waals surface area contributed by atoms with Crippen LogP contribution in [0.4, 0.5) is 4.79 Å². The molecule has 0 radical (unpaired) electrons. The normalized spacial score (nSPS) is 28.8. The Kier molecular flexibility index (Phi) is 5.49. The number of nitrogens with zero attached hydrogens (tertiary/aromatic N) is 1. The van der Waals surface area contributed by atoms with E-state index in [0.717, 1.165) is 25.9 Å². The first-order valence-electron chi connectivity index (χ1n) is 8.31. The summed E-state index contributed by atoms with van der Waals surface area (Å²) in [6, 6.07) is -0.0216. The van der Waals surface area contributed by atoms with Crippen LogP contribution < -0.4 is 5.32 Å². The fourth-order valence-electron chi connectivity index (χ4n) is 3.84. The molecule has 5 heteroatoms. The van der Waals surface area contributed by atoms with Crippen molar-refractivity contribution in [3.05, 3.63) is 0 Å². The van der Waals surface area contributed by atoms with Gasteiger partial charge in [0.25, 0.3) is 0 Å². The minimum atomic E-state index is -0.157. The van der Waals surface area contributed by atoms with Crippen LogP contribution >= 0.6 is 0 Å². The van der Waals surface area contributed by atoms with Crippen LogP contribution in [-0.2, 0) is 4.74 Å². The lowest BCUT2D eigenvalue weighted by Crippen LogP contribution is -2.66. The van der Waals surface area contributed by atoms with E-state index >= 15 is 0 Å². The topological polar surface area (TPSA) is 61.8 Å². The molecule has 122 valence electrons. The third kappa shape index (κ3) is 3.19. The zero-order valence-electron chi connectivity index (χ0n) is 13.6. The van der Waals surface area contributed by atoms with Crippen molar-refractivity contribution in [2.75, 3.05) is 20.3 Å². The number of hydrogen-bond donors (Lipinski definition) is 2. The van der Waals surface area contributed by atoms with Crippen molar-refractivity contribution in [2.45, 2.75) is 70.6 Å². The molecule has 2 rings (SSSR count). The minimum Gasteiger partial charge on any atom is -0.394 e. The fourth-order valence-corrected chi connectivity index (χ4v) is 3.84. The third-order valence-corrected chi connectivity index (χ3v) is 5.48. The highest BCUT2D eigenvalue weighted by molar-refractivity contribution is 5.74. The predicted molar refractivity (Wildman–Crippen MR) is 82.2 cm³/mol. The molecule has 0 bridgehead atoms. The number of ether oxygens (including phenoxy) is 1. The molecule has 3 unspecified atom stereocenters. The maximum absolute atomic E-state index is 12.3. The van der Waals surface area contributed by atoms with Gasteiger partial charge in [0.1, 0.15) is 0 Å². The van der Waals surface area contributed by atoms with Crippen molar-refractivity contribution in [1.29, 1.82) is 0 Å². The fraction of sp³-hybridized carbons (Fsp3) is 0.938. The molecule has 0 aromatic carbocycles. The highest BCUT2D eigenvalue weighted by atomic mass is 16.5. The first kappa shape index (κ1) is 16.6. The molecule has 1 spiro atoms. The van der Waals surface area contributed by atoms with Crippen molar-refractivity contribution < 1.29 is 14.6 Å². The summed E-state index contributed by atoms with van der Waals surface area (Å²) in [6.07, 6.45) is 7.29. The number of hydrogen-bond acceptors (Lipinski definition) is 3. The molecule has 5 nitrogen and oxygen atoms in total. The van der Waals surface area contributed by atoms with Gasteiger partial charge in [0.05, 0.1) is 18.8 Å². The van der Waals surface area contributed by atoms with Crippen molar-refractivity contribution >= 4 is 6.03 Å². The number of amides is 2. The van der Waals surface area contributed by atoms with Crippen molar-refractivity contribution in [3.63, 3.8) is 0 Å². The van der Waals surface area contributed by atoms with Gasteiger partial charge in [-0.3, -0.25) is 0 Å². The zero-order valence-corrected chi connectivity index (χ0v) is 13.6. The van der Waals surface area contributed by atoms with E-state index in [4.69, 9.17) is 4.74 Å². The minimum absolute atomic E-state index is 0.0126. The van der Waals surface area contributed by atoms with Crippen LogP contribution in [0, 0.1) is 5.41 Å². The van der Waals surface area contributed by atoms with Crippen molar-refractivity contribution in [1.82, 2.24) is 10.2 Å². The number of nitrogens with one attached hydrogen (secondary N) is 1. The summed E-state index contributed by atoms with van der Waals surface area (Å²) < 4.78 is 5.91. The molecule has 0 aliphatic heterocycles. The van der Waals surface area contributed by atoms with Crippen molar-refractivity contribution in [2.24, 2.45) is 5.41 Å². The molecule has 21 heavy (non-hydrogen) atoms. The Labute approximate surface area is 128 Å². The quantitative estimate of drug-likeness (QED) is 0.817. The summed E-state index contributed by atoms with van der Waals surface area (Å²) in [5.41, 5.74) is 0.146. The molecule has 2 saturated carbocycles. The van der Waals surface area contributed by atoms with Crippen LogP contribution in [0.15, 0.2) is 0 Å². The third-order valence-electron chi connectivity index (χ3n) is 5.48. The lowest BCUT2D eigenvalue weighted by atomic mass is 9.55. The second kappa shape index (κ2) is 6.97. The average molecular weight is 298 g/mol. The van der Waals surface area contributed by atoms with E-state index in [1.54, 1.807) is 11.9 Å². The predicted octanol–water partition coefficient (Wildman–Crippen LogP) is 2.14. The molecular weight excluding hydrogens is 268 g/mol. The molecule has 0 aromatic rings. The van der Waals surface area contributed by atoms with E-state index in [9.17, 15) is 9.90 Å². The van der Waals surface area contributed by atoms with Crippen LogP contribution in [0.1, 0.15) is 52.4 Å². The maximum atomic E-state index is 12.3. The van der Waals surface area contributed by atoms with Gasteiger partial charge in [-0.15, -0.1) is 0 Å². The van der Waals surface area contributed by atoms with Crippen LogP contribution in [-0.4, -0.2) is 54.5 Å². The van der Waals surface area contributed by atoms with E-state index in [2.05, 4.69) is 5.32 Å². The standard InChI is InChI=1S/C16H30N2O3/c1-4-21-14-10-13(16(14)8-6-5-7-9-16)17-15(20)18(3)12(2)11-19/h12-14,19H,4-11H2,1-3H3,(H,17,20). The van der Waals surface area contributed by atoms with Gasteiger partial charge in [-0.1, -0.05) is 19.3 Å². The van der Waals surface area contributed by atoms with E-state index in [-0.39, 0.29) is 30.1 Å². The summed E-state index contributed by atoms with van der Waals surface area (Å²) >= 11 is 0. The number of carbonyl (C=O) groups is 1. The lowest BCUT2D eigenvalue weighted by molar-refractivity contribution is -0.147. The molecule has 2 aliphatic rings. The molecular formula is C16H30N2O3. The second-order valence-corrected chi connectivity index (χ2v) is 6.62. The summed E-state index contributed by atoms with van der Waals surface area (Å²) in [7, 11) is 1.74. The lowest BCUT2D eigenvalue weighted by Gasteiger charge is -2.57. The zero-order chi connectivity index (χ0) is 15.5. The average Bonchev–Trinajstić information content (AvgIpc) is 2.53. The number of urea groups is 1. The van der Waals surface area contributed by atoms with Gasteiger partial charge in [-0.2, -0.15) is 0 Å². The van der Waals surface area contributed by atoms with Gasteiger partial charge in [0.15, 0.2) is 0 Å². The van der Waals surface area contributed by atoms with Crippen LogP contribution in [0.5, 0.6) is 0 Å². The van der Waals surface area contributed by atoms with Crippen molar-refractivity contribution in [3.8, 4) is 0 Å². The first-order chi connectivity index (χ1) is 10.0. The summed E-state index contributed by atoms with van der Waals surface area (Å²) in [6.45, 7) is 4.62. The van der Waals surface area contributed by atoms with Gasteiger partial charge in [0, 0.05) is 25.1 Å². The number of carbonyl (C=O) groups excluding carboxylic acids is 1. The van der Waals surface area contributed by atoms with E-state index < -0.39 is 0 Å². The number of likely N-dealkylation sites (N-methyl/N-ethyl adjacent to an activating group) is 1. The van der Waals surface area contributed by atoms with Crippen LogP contribution in [0.2, 0.25) is 0 Å². The molecule has 0 saturated heterocycles. The van der Waals surface area contributed by atoms with E-state index in [1.165, 1.54) is 19.3 Å². The Balaban J connectivity index is 1.98. The second-order valence-electron chi connectivity index (χ2n) is 6.62. The molecule has 2 aliphatic carbocycles. The van der Waals surface area contributed by atoms with Gasteiger partial charge >= 0.3 is 6.03 Å². The Hall–Kier alpha value is -0.810. The largest absolute Gasteiger partial charge is 0.394 e. The Morgan fingerprint density at radius 2 is 2.10 bits per heavy atom. The summed E-state index contributed by atoms with van der Waals surface area (Å²) in [5, 5.41) is 12.3. The van der Waals surface area contributed by atoms with Gasteiger partial charge in [-0.25, -0.2) is 4.79 Å². The van der Waals surface area contributed by atoms with Gasteiger partial charge < -0.3 is 20.1 Å². The molecule has 2 fully saturated rings. The highest BCUT2D eigenvalue weighted by Gasteiger charge is 2.56. The molecule has 0 heterocycles.